The number of rotatable bonds is 15. The molecule has 3 N–H and O–H groups in total. The lowest BCUT2D eigenvalue weighted by atomic mass is 10.0. The second-order valence-electron chi connectivity index (χ2n) is 7.72. The predicted molar refractivity (Wildman–Crippen MR) is 118 cm³/mol. The van der Waals surface area contributed by atoms with Gasteiger partial charge in [-0.05, 0) is 43.5 Å². The van der Waals surface area contributed by atoms with Crippen molar-refractivity contribution in [3.8, 4) is 11.5 Å². The van der Waals surface area contributed by atoms with Crippen molar-refractivity contribution in [1.82, 2.24) is 5.32 Å². The van der Waals surface area contributed by atoms with E-state index in [1.165, 1.54) is 64.2 Å². The highest BCUT2D eigenvalue weighted by atomic mass is 16.3. The summed E-state index contributed by atoms with van der Waals surface area (Å²) in [5.41, 5.74) is 2.06. The van der Waals surface area contributed by atoms with Gasteiger partial charge in [0.25, 0.3) is 0 Å². The summed E-state index contributed by atoms with van der Waals surface area (Å²) in [6.45, 7) is 1.77. The molecule has 0 atom stereocenters. The van der Waals surface area contributed by atoms with E-state index in [1.54, 1.807) is 12.1 Å². The van der Waals surface area contributed by atoms with Gasteiger partial charge < -0.3 is 15.5 Å². The number of aryl methyl sites for hydroxylation is 1. The first-order chi connectivity index (χ1) is 13.8. The number of nitrogens with one attached hydrogen (secondary N) is 1. The van der Waals surface area contributed by atoms with Gasteiger partial charge in [0.15, 0.2) is 0 Å². The molecule has 0 saturated carbocycles. The molecule has 28 heavy (non-hydrogen) atoms. The van der Waals surface area contributed by atoms with Gasteiger partial charge >= 0.3 is 0 Å². The molecular weight excluding hydrogens is 346 g/mol. The molecule has 0 spiro atoms. The number of benzene rings is 2. The Balaban J connectivity index is 1.33. The molecule has 0 saturated heterocycles. The zero-order chi connectivity index (χ0) is 19.9. The molecule has 0 amide bonds. The maximum absolute atomic E-state index is 9.75. The maximum Gasteiger partial charge on any atom is 0.120 e. The predicted octanol–water partition coefficient (Wildman–Crippen LogP) is 6.33. The normalized spacial score (nSPS) is 11.0. The van der Waals surface area contributed by atoms with E-state index < -0.39 is 0 Å². The minimum Gasteiger partial charge on any atom is -0.508 e. The highest BCUT2D eigenvalue weighted by molar-refractivity contribution is 5.32. The van der Waals surface area contributed by atoms with Gasteiger partial charge in [0, 0.05) is 12.1 Å². The van der Waals surface area contributed by atoms with Crippen LogP contribution in [0.25, 0.3) is 0 Å². The number of unbranched alkanes of at least 4 members (excludes halogenated alkanes) is 9. The van der Waals surface area contributed by atoms with E-state index in [0.29, 0.717) is 11.5 Å². The van der Waals surface area contributed by atoms with Crippen molar-refractivity contribution in [3.63, 3.8) is 0 Å². The molecule has 2 rings (SSSR count). The van der Waals surface area contributed by atoms with Gasteiger partial charge in [-0.25, -0.2) is 0 Å². The third-order valence-corrected chi connectivity index (χ3v) is 5.35. The molecule has 3 nitrogen and oxygen atoms in total. The van der Waals surface area contributed by atoms with E-state index in [-0.39, 0.29) is 0 Å². The largest absolute Gasteiger partial charge is 0.508 e. The number of hydrogen-bond donors (Lipinski definition) is 3. The van der Waals surface area contributed by atoms with Gasteiger partial charge in [-0.2, -0.15) is 0 Å². The lowest BCUT2D eigenvalue weighted by molar-refractivity contribution is 0.463. The molecule has 2 aromatic rings. The Morgan fingerprint density at radius 1 is 0.536 bits per heavy atom. The third kappa shape index (κ3) is 9.27. The van der Waals surface area contributed by atoms with Gasteiger partial charge in [0.05, 0.1) is 0 Å². The summed E-state index contributed by atoms with van der Waals surface area (Å²) in [5, 5.41) is 22.9. The monoisotopic (exact) mass is 383 g/mol. The van der Waals surface area contributed by atoms with E-state index in [1.807, 2.05) is 36.4 Å². The second-order valence-corrected chi connectivity index (χ2v) is 7.72. The topological polar surface area (TPSA) is 52.5 Å². The van der Waals surface area contributed by atoms with Gasteiger partial charge in [0.2, 0.25) is 0 Å². The van der Waals surface area contributed by atoms with Gasteiger partial charge in [-0.15, -0.1) is 0 Å². The fourth-order valence-electron chi connectivity index (χ4n) is 3.59. The Bertz CT molecular complexity index is 599. The molecule has 0 fully saturated rings. The Kier molecular flexibility index (Phi) is 11.2. The molecular formula is C25H37NO2. The Labute approximate surface area is 170 Å². The molecule has 154 valence electrons. The van der Waals surface area contributed by atoms with Crippen LogP contribution in [0.1, 0.15) is 75.3 Å². The van der Waals surface area contributed by atoms with Crippen LogP contribution in [-0.4, -0.2) is 16.8 Å². The fourth-order valence-corrected chi connectivity index (χ4v) is 3.59. The van der Waals surface area contributed by atoms with Crippen molar-refractivity contribution in [3.05, 3.63) is 59.7 Å². The number of para-hydroxylation sites is 2. The lowest BCUT2D eigenvalue weighted by Gasteiger charge is -2.07. The lowest BCUT2D eigenvalue weighted by Crippen LogP contribution is -2.14. The summed E-state index contributed by atoms with van der Waals surface area (Å²) in [7, 11) is 0. The van der Waals surface area contributed by atoms with Gasteiger partial charge in [-0.1, -0.05) is 87.8 Å². The molecule has 0 bridgehead atoms. The first-order valence-electron chi connectivity index (χ1n) is 11.0. The second kappa shape index (κ2) is 14.1. The van der Waals surface area contributed by atoms with Crippen LogP contribution in [0.3, 0.4) is 0 Å². The first-order valence-corrected chi connectivity index (χ1v) is 11.0. The average Bonchev–Trinajstić information content (AvgIpc) is 2.71. The van der Waals surface area contributed by atoms with E-state index in [4.69, 9.17) is 0 Å². The molecule has 0 aromatic heterocycles. The van der Waals surface area contributed by atoms with Crippen LogP contribution < -0.4 is 5.32 Å². The number of aromatic hydroxyl groups is 2. The minimum atomic E-state index is 0.383. The zero-order valence-corrected chi connectivity index (χ0v) is 17.2. The minimum absolute atomic E-state index is 0.383. The molecule has 0 unspecified atom stereocenters. The van der Waals surface area contributed by atoms with Crippen LogP contribution in [-0.2, 0) is 13.0 Å². The summed E-state index contributed by atoms with van der Waals surface area (Å²) in [4.78, 5) is 0. The number of phenols is 2. The summed E-state index contributed by atoms with van der Waals surface area (Å²) >= 11 is 0. The molecule has 0 aliphatic carbocycles. The fraction of sp³-hybridized carbons (Fsp3) is 0.520. The Morgan fingerprint density at radius 3 is 1.57 bits per heavy atom. The van der Waals surface area contributed by atoms with Crippen molar-refractivity contribution in [2.24, 2.45) is 0 Å². The van der Waals surface area contributed by atoms with Crippen molar-refractivity contribution < 1.29 is 10.2 Å². The SMILES string of the molecule is Oc1ccccc1CCCCCCCCCCCCNCc1ccccc1O. The van der Waals surface area contributed by atoms with Crippen molar-refractivity contribution >= 4 is 0 Å². The molecule has 0 radical (unpaired) electrons. The maximum atomic E-state index is 9.75. The van der Waals surface area contributed by atoms with Crippen LogP contribution in [0.2, 0.25) is 0 Å². The van der Waals surface area contributed by atoms with E-state index >= 15 is 0 Å². The number of hydrogen-bond acceptors (Lipinski definition) is 3. The summed E-state index contributed by atoms with van der Waals surface area (Å²) in [5.74, 6) is 0.823. The molecule has 3 heteroatoms. The van der Waals surface area contributed by atoms with E-state index in [0.717, 1.165) is 30.6 Å². The van der Waals surface area contributed by atoms with Crippen molar-refractivity contribution in [1.29, 1.82) is 0 Å². The summed E-state index contributed by atoms with van der Waals surface area (Å²) < 4.78 is 0. The first kappa shape index (κ1) is 22.3. The molecule has 0 aliphatic heterocycles. The number of phenolic OH excluding ortho intramolecular Hbond substituents is 2. The Morgan fingerprint density at radius 2 is 1.00 bits per heavy atom. The smallest absolute Gasteiger partial charge is 0.120 e. The van der Waals surface area contributed by atoms with Gasteiger partial charge in [0.1, 0.15) is 11.5 Å². The summed E-state index contributed by atoms with van der Waals surface area (Å²) in [6, 6.07) is 15.2. The van der Waals surface area contributed by atoms with Crippen molar-refractivity contribution in [2.45, 2.75) is 77.2 Å². The molecule has 0 heterocycles. The highest BCUT2D eigenvalue weighted by Crippen LogP contribution is 2.19. The average molecular weight is 384 g/mol. The standard InChI is InChI=1S/C25H37NO2/c27-24-18-12-10-16-22(24)15-9-7-5-3-1-2-4-6-8-14-20-26-21-23-17-11-13-19-25(23)28/h10-13,16-19,26-28H,1-9,14-15,20-21H2. The van der Waals surface area contributed by atoms with E-state index in [9.17, 15) is 10.2 Å². The Hall–Kier alpha value is -2.00. The van der Waals surface area contributed by atoms with Crippen LogP contribution in [0.15, 0.2) is 48.5 Å². The summed E-state index contributed by atoms with van der Waals surface area (Å²) in [6.07, 6.45) is 13.9. The van der Waals surface area contributed by atoms with Crippen LogP contribution in [0.5, 0.6) is 11.5 Å². The quantitative estimate of drug-likeness (QED) is 0.315. The highest BCUT2D eigenvalue weighted by Gasteiger charge is 2.00. The van der Waals surface area contributed by atoms with Crippen LogP contribution in [0.4, 0.5) is 0 Å². The van der Waals surface area contributed by atoms with E-state index in [2.05, 4.69) is 5.32 Å². The third-order valence-electron chi connectivity index (χ3n) is 5.35. The van der Waals surface area contributed by atoms with Crippen LogP contribution >= 0.6 is 0 Å². The van der Waals surface area contributed by atoms with Crippen molar-refractivity contribution in [2.75, 3.05) is 6.54 Å². The molecule has 2 aromatic carbocycles. The zero-order valence-electron chi connectivity index (χ0n) is 17.2. The van der Waals surface area contributed by atoms with Gasteiger partial charge in [-0.3, -0.25) is 0 Å². The van der Waals surface area contributed by atoms with Crippen LogP contribution in [0, 0.1) is 0 Å². The molecule has 0 aliphatic rings.